The van der Waals surface area contributed by atoms with Gasteiger partial charge in [-0.2, -0.15) is 0 Å². The lowest BCUT2D eigenvalue weighted by molar-refractivity contribution is 0.0601. The second kappa shape index (κ2) is 5.53. The quantitative estimate of drug-likeness (QED) is 0.570. The highest BCUT2D eigenvalue weighted by Crippen LogP contribution is 2.21. The van der Waals surface area contributed by atoms with Gasteiger partial charge in [0.1, 0.15) is 0 Å². The van der Waals surface area contributed by atoms with Crippen LogP contribution in [-0.4, -0.2) is 43.2 Å². The standard InChI is InChI=1S/C12H23N3O/c1-15(11-6-8-16-9-7-11)12(13)14-10-4-2-3-5-10/h10-11H,2-9H2,1H3,(H2,13,14). The summed E-state index contributed by atoms with van der Waals surface area (Å²) in [5, 5.41) is 0. The van der Waals surface area contributed by atoms with Crippen LogP contribution in [-0.2, 0) is 4.74 Å². The minimum Gasteiger partial charge on any atom is -0.381 e. The largest absolute Gasteiger partial charge is 0.381 e. The first-order valence-electron chi connectivity index (χ1n) is 6.41. The van der Waals surface area contributed by atoms with Gasteiger partial charge >= 0.3 is 0 Å². The third kappa shape index (κ3) is 2.88. The molecule has 1 heterocycles. The van der Waals surface area contributed by atoms with Crippen molar-refractivity contribution in [3.8, 4) is 0 Å². The van der Waals surface area contributed by atoms with E-state index in [1.54, 1.807) is 0 Å². The van der Waals surface area contributed by atoms with Crippen LogP contribution >= 0.6 is 0 Å². The molecule has 4 nitrogen and oxygen atoms in total. The van der Waals surface area contributed by atoms with E-state index < -0.39 is 0 Å². The van der Waals surface area contributed by atoms with Gasteiger partial charge in [0.25, 0.3) is 0 Å². The van der Waals surface area contributed by atoms with Crippen LogP contribution in [0.15, 0.2) is 4.99 Å². The number of aliphatic imine (C=N–C) groups is 1. The van der Waals surface area contributed by atoms with Gasteiger partial charge in [-0.15, -0.1) is 0 Å². The molecule has 0 unspecified atom stereocenters. The van der Waals surface area contributed by atoms with Crippen LogP contribution in [0.2, 0.25) is 0 Å². The Bertz CT molecular complexity index is 243. The molecular weight excluding hydrogens is 202 g/mol. The highest BCUT2D eigenvalue weighted by Gasteiger charge is 2.21. The lowest BCUT2D eigenvalue weighted by atomic mass is 10.1. The van der Waals surface area contributed by atoms with E-state index in [1.165, 1.54) is 25.7 Å². The first-order chi connectivity index (χ1) is 7.77. The van der Waals surface area contributed by atoms with Crippen molar-refractivity contribution < 1.29 is 4.74 Å². The van der Waals surface area contributed by atoms with Crippen molar-refractivity contribution in [3.05, 3.63) is 0 Å². The molecule has 0 radical (unpaired) electrons. The summed E-state index contributed by atoms with van der Waals surface area (Å²) in [5.41, 5.74) is 6.06. The molecule has 4 heteroatoms. The molecule has 2 aliphatic rings. The molecule has 0 spiro atoms. The van der Waals surface area contributed by atoms with Crippen molar-refractivity contribution in [2.24, 2.45) is 10.7 Å². The zero-order valence-corrected chi connectivity index (χ0v) is 10.2. The molecule has 0 aromatic rings. The zero-order chi connectivity index (χ0) is 11.4. The van der Waals surface area contributed by atoms with Crippen LogP contribution in [0, 0.1) is 0 Å². The number of nitrogens with two attached hydrogens (primary N) is 1. The van der Waals surface area contributed by atoms with Gasteiger partial charge in [0.2, 0.25) is 0 Å². The number of hydrogen-bond donors (Lipinski definition) is 1. The Hall–Kier alpha value is -0.770. The molecule has 1 aliphatic heterocycles. The molecule has 0 amide bonds. The fourth-order valence-electron chi connectivity index (χ4n) is 2.57. The average Bonchev–Trinajstić information content (AvgIpc) is 2.82. The van der Waals surface area contributed by atoms with Crippen molar-refractivity contribution in [2.75, 3.05) is 20.3 Å². The molecule has 0 bridgehead atoms. The van der Waals surface area contributed by atoms with E-state index in [0.717, 1.165) is 32.0 Å². The highest BCUT2D eigenvalue weighted by atomic mass is 16.5. The van der Waals surface area contributed by atoms with Crippen LogP contribution in [0.1, 0.15) is 38.5 Å². The summed E-state index contributed by atoms with van der Waals surface area (Å²) < 4.78 is 5.36. The van der Waals surface area contributed by atoms with E-state index in [-0.39, 0.29) is 0 Å². The Morgan fingerprint density at radius 1 is 1.19 bits per heavy atom. The third-order valence-electron chi connectivity index (χ3n) is 3.74. The number of guanidine groups is 1. The fraction of sp³-hybridized carbons (Fsp3) is 0.917. The smallest absolute Gasteiger partial charge is 0.191 e. The molecule has 0 aromatic heterocycles. The number of hydrogen-bond acceptors (Lipinski definition) is 2. The van der Waals surface area contributed by atoms with Crippen molar-refractivity contribution in [3.63, 3.8) is 0 Å². The Balaban J connectivity index is 1.88. The normalized spacial score (nSPS) is 24.9. The molecule has 2 fully saturated rings. The van der Waals surface area contributed by atoms with Crippen molar-refractivity contribution >= 4 is 5.96 Å². The van der Waals surface area contributed by atoms with Crippen LogP contribution < -0.4 is 5.73 Å². The molecule has 16 heavy (non-hydrogen) atoms. The van der Waals surface area contributed by atoms with Crippen LogP contribution in [0.25, 0.3) is 0 Å². The first kappa shape index (κ1) is 11.7. The Kier molecular flexibility index (Phi) is 4.04. The molecule has 2 N–H and O–H groups in total. The SMILES string of the molecule is CN(C(N)=NC1CCCC1)C1CCOCC1. The maximum absolute atomic E-state index is 6.06. The fourth-order valence-corrected chi connectivity index (χ4v) is 2.57. The van der Waals surface area contributed by atoms with E-state index in [9.17, 15) is 0 Å². The molecule has 2 rings (SSSR count). The second-order valence-corrected chi connectivity index (χ2v) is 4.88. The Labute approximate surface area is 97.9 Å². The van der Waals surface area contributed by atoms with E-state index in [0.29, 0.717) is 12.1 Å². The summed E-state index contributed by atoms with van der Waals surface area (Å²) in [6.45, 7) is 1.71. The first-order valence-corrected chi connectivity index (χ1v) is 6.41. The molecule has 0 atom stereocenters. The lowest BCUT2D eigenvalue weighted by Crippen LogP contribution is -2.44. The number of ether oxygens (including phenoxy) is 1. The zero-order valence-electron chi connectivity index (χ0n) is 10.2. The van der Waals surface area contributed by atoms with Crippen molar-refractivity contribution in [1.29, 1.82) is 0 Å². The summed E-state index contributed by atoms with van der Waals surface area (Å²) in [5.74, 6) is 0.721. The van der Waals surface area contributed by atoms with Crippen molar-refractivity contribution in [2.45, 2.75) is 50.6 Å². The summed E-state index contributed by atoms with van der Waals surface area (Å²) in [7, 11) is 2.06. The monoisotopic (exact) mass is 225 g/mol. The number of rotatable bonds is 2. The summed E-state index contributed by atoms with van der Waals surface area (Å²) in [6, 6.07) is 0.987. The van der Waals surface area contributed by atoms with Gasteiger partial charge in [-0.05, 0) is 25.7 Å². The van der Waals surface area contributed by atoms with Gasteiger partial charge in [0, 0.05) is 26.3 Å². The minimum atomic E-state index is 0.474. The summed E-state index contributed by atoms with van der Waals surface area (Å²) in [4.78, 5) is 6.77. The molecule has 92 valence electrons. The summed E-state index contributed by atoms with van der Waals surface area (Å²) >= 11 is 0. The van der Waals surface area contributed by atoms with Gasteiger partial charge in [-0.25, -0.2) is 4.99 Å². The van der Waals surface area contributed by atoms with E-state index in [4.69, 9.17) is 10.5 Å². The third-order valence-corrected chi connectivity index (χ3v) is 3.74. The van der Waals surface area contributed by atoms with Gasteiger partial charge < -0.3 is 15.4 Å². The van der Waals surface area contributed by atoms with Crippen LogP contribution in [0.3, 0.4) is 0 Å². The predicted molar refractivity (Wildman–Crippen MR) is 65.5 cm³/mol. The predicted octanol–water partition coefficient (Wildman–Crippen LogP) is 1.35. The van der Waals surface area contributed by atoms with E-state index in [1.807, 2.05) is 0 Å². The minimum absolute atomic E-state index is 0.474. The lowest BCUT2D eigenvalue weighted by Gasteiger charge is -2.32. The van der Waals surface area contributed by atoms with Crippen LogP contribution in [0.4, 0.5) is 0 Å². The molecule has 1 aliphatic carbocycles. The highest BCUT2D eigenvalue weighted by molar-refractivity contribution is 5.78. The molecule has 1 saturated heterocycles. The van der Waals surface area contributed by atoms with Crippen molar-refractivity contribution in [1.82, 2.24) is 4.90 Å². The van der Waals surface area contributed by atoms with E-state index >= 15 is 0 Å². The maximum Gasteiger partial charge on any atom is 0.191 e. The Morgan fingerprint density at radius 2 is 1.81 bits per heavy atom. The van der Waals surface area contributed by atoms with Gasteiger partial charge in [-0.1, -0.05) is 12.8 Å². The van der Waals surface area contributed by atoms with Crippen LogP contribution in [0.5, 0.6) is 0 Å². The Morgan fingerprint density at radius 3 is 2.44 bits per heavy atom. The molecule has 1 saturated carbocycles. The molecular formula is C12H23N3O. The maximum atomic E-state index is 6.06. The second-order valence-electron chi connectivity index (χ2n) is 4.88. The van der Waals surface area contributed by atoms with Gasteiger partial charge in [0.15, 0.2) is 5.96 Å². The van der Waals surface area contributed by atoms with Gasteiger partial charge in [-0.3, -0.25) is 0 Å². The van der Waals surface area contributed by atoms with E-state index in [2.05, 4.69) is 16.9 Å². The number of nitrogens with zero attached hydrogens (tertiary/aromatic N) is 2. The average molecular weight is 225 g/mol. The molecule has 0 aromatic carbocycles. The summed E-state index contributed by atoms with van der Waals surface area (Å²) in [6.07, 6.45) is 7.17. The van der Waals surface area contributed by atoms with Gasteiger partial charge in [0.05, 0.1) is 6.04 Å². The topological polar surface area (TPSA) is 50.8 Å².